The summed E-state index contributed by atoms with van der Waals surface area (Å²) in [6.45, 7) is 1.32. The topological polar surface area (TPSA) is 82.0 Å². The highest BCUT2D eigenvalue weighted by Gasteiger charge is 2.26. The highest BCUT2D eigenvalue weighted by atomic mass is 16.5. The number of hydrogen-bond donors (Lipinski definition) is 1. The summed E-state index contributed by atoms with van der Waals surface area (Å²) in [5.74, 6) is 1.74. The van der Waals surface area contributed by atoms with Crippen LogP contribution in [0, 0.1) is 11.3 Å². The number of nitrogens with zero attached hydrogens (tertiary/aromatic N) is 3. The standard InChI is InChI=1S/C21H20N4O2/c22-13-16-5-1-4-8-19(16)27-14-20(26)25-11-9-15(10-12-25)21-23-17-6-2-3-7-18(17)24-21/h1-8,15H,9-12,14H2,(H,23,24). The molecule has 6 nitrogen and oxygen atoms in total. The molecule has 1 N–H and O–H groups in total. The van der Waals surface area contributed by atoms with E-state index in [4.69, 9.17) is 10.00 Å². The first-order valence-corrected chi connectivity index (χ1v) is 9.09. The van der Waals surface area contributed by atoms with Gasteiger partial charge in [0.05, 0.1) is 16.6 Å². The average molecular weight is 360 g/mol. The highest BCUT2D eigenvalue weighted by Crippen LogP contribution is 2.28. The molecule has 136 valence electrons. The van der Waals surface area contributed by atoms with E-state index in [0.29, 0.717) is 30.3 Å². The zero-order valence-electron chi connectivity index (χ0n) is 14.9. The van der Waals surface area contributed by atoms with Crippen LogP contribution in [-0.2, 0) is 4.79 Å². The number of likely N-dealkylation sites (tertiary alicyclic amines) is 1. The Balaban J connectivity index is 1.33. The third-order valence-electron chi connectivity index (χ3n) is 5.00. The van der Waals surface area contributed by atoms with Crippen molar-refractivity contribution < 1.29 is 9.53 Å². The molecule has 0 radical (unpaired) electrons. The number of rotatable bonds is 4. The van der Waals surface area contributed by atoms with Gasteiger partial charge in [0.1, 0.15) is 17.6 Å². The molecule has 1 fully saturated rings. The molecule has 1 saturated heterocycles. The first-order valence-electron chi connectivity index (χ1n) is 9.09. The maximum absolute atomic E-state index is 12.4. The van der Waals surface area contributed by atoms with Gasteiger partial charge in [-0.2, -0.15) is 5.26 Å². The van der Waals surface area contributed by atoms with Crippen molar-refractivity contribution >= 4 is 16.9 Å². The number of piperidine rings is 1. The Morgan fingerprint density at radius 3 is 2.70 bits per heavy atom. The molecule has 2 aromatic carbocycles. The number of carbonyl (C=O) groups is 1. The van der Waals surface area contributed by atoms with Crippen LogP contribution in [0.3, 0.4) is 0 Å². The summed E-state index contributed by atoms with van der Waals surface area (Å²) < 4.78 is 5.56. The van der Waals surface area contributed by atoms with Gasteiger partial charge in [0.2, 0.25) is 0 Å². The van der Waals surface area contributed by atoms with Crippen molar-refractivity contribution in [2.75, 3.05) is 19.7 Å². The lowest BCUT2D eigenvalue weighted by Crippen LogP contribution is -2.40. The van der Waals surface area contributed by atoms with Gasteiger partial charge < -0.3 is 14.6 Å². The Morgan fingerprint density at radius 1 is 1.19 bits per heavy atom. The number of ether oxygens (including phenoxy) is 1. The molecule has 0 aliphatic carbocycles. The van der Waals surface area contributed by atoms with Crippen LogP contribution in [0.25, 0.3) is 11.0 Å². The number of nitrogens with one attached hydrogen (secondary N) is 1. The molecule has 0 saturated carbocycles. The zero-order valence-corrected chi connectivity index (χ0v) is 14.9. The summed E-state index contributed by atoms with van der Waals surface area (Å²) in [5, 5.41) is 9.09. The normalized spacial score (nSPS) is 14.9. The lowest BCUT2D eigenvalue weighted by atomic mass is 9.96. The van der Waals surface area contributed by atoms with Gasteiger partial charge >= 0.3 is 0 Å². The van der Waals surface area contributed by atoms with Gasteiger partial charge in [0.25, 0.3) is 5.91 Å². The van der Waals surface area contributed by atoms with E-state index >= 15 is 0 Å². The quantitative estimate of drug-likeness (QED) is 0.774. The molecular formula is C21H20N4O2. The van der Waals surface area contributed by atoms with E-state index in [-0.39, 0.29) is 12.5 Å². The van der Waals surface area contributed by atoms with Gasteiger partial charge in [-0.3, -0.25) is 4.79 Å². The van der Waals surface area contributed by atoms with Crippen molar-refractivity contribution in [2.24, 2.45) is 0 Å². The van der Waals surface area contributed by atoms with Crippen molar-refractivity contribution in [2.45, 2.75) is 18.8 Å². The van der Waals surface area contributed by atoms with Gasteiger partial charge in [-0.05, 0) is 37.1 Å². The minimum atomic E-state index is -0.0502. The molecule has 0 bridgehead atoms. The van der Waals surface area contributed by atoms with Crippen LogP contribution in [0.15, 0.2) is 48.5 Å². The van der Waals surface area contributed by atoms with Crippen molar-refractivity contribution in [3.63, 3.8) is 0 Å². The Bertz CT molecular complexity index is 964. The van der Waals surface area contributed by atoms with Crippen LogP contribution in [0.4, 0.5) is 0 Å². The molecule has 6 heteroatoms. The Kier molecular flexibility index (Phi) is 4.75. The van der Waals surface area contributed by atoms with Gasteiger partial charge in [-0.25, -0.2) is 4.98 Å². The molecule has 4 rings (SSSR count). The molecular weight excluding hydrogens is 340 g/mol. The Hall–Kier alpha value is -3.33. The number of imidazole rings is 1. The number of benzene rings is 2. The number of aromatic amines is 1. The molecule has 1 aliphatic heterocycles. The number of amides is 1. The molecule has 2 heterocycles. The van der Waals surface area contributed by atoms with Crippen LogP contribution in [0.2, 0.25) is 0 Å². The monoisotopic (exact) mass is 360 g/mol. The van der Waals surface area contributed by atoms with Gasteiger partial charge in [-0.15, -0.1) is 0 Å². The van der Waals surface area contributed by atoms with Crippen LogP contribution in [0.1, 0.15) is 30.1 Å². The summed E-state index contributed by atoms with van der Waals surface area (Å²) in [4.78, 5) is 22.4. The molecule has 1 amide bonds. The zero-order chi connectivity index (χ0) is 18.6. The second kappa shape index (κ2) is 7.50. The van der Waals surface area contributed by atoms with Crippen molar-refractivity contribution in [3.05, 3.63) is 59.9 Å². The fraction of sp³-hybridized carbons (Fsp3) is 0.286. The van der Waals surface area contributed by atoms with Crippen LogP contribution in [-0.4, -0.2) is 40.5 Å². The Labute approximate surface area is 157 Å². The lowest BCUT2D eigenvalue weighted by Gasteiger charge is -2.31. The fourth-order valence-electron chi connectivity index (χ4n) is 3.48. The molecule has 0 unspecified atom stereocenters. The smallest absolute Gasteiger partial charge is 0.260 e. The van der Waals surface area contributed by atoms with Gasteiger partial charge in [0, 0.05) is 19.0 Å². The fourth-order valence-corrected chi connectivity index (χ4v) is 3.48. The van der Waals surface area contributed by atoms with Crippen molar-refractivity contribution in [3.8, 4) is 11.8 Å². The first-order chi connectivity index (χ1) is 13.2. The summed E-state index contributed by atoms with van der Waals surface area (Å²) in [7, 11) is 0. The molecule has 27 heavy (non-hydrogen) atoms. The van der Waals surface area contributed by atoms with Crippen molar-refractivity contribution in [1.82, 2.24) is 14.9 Å². The van der Waals surface area contributed by atoms with E-state index in [1.807, 2.05) is 29.2 Å². The summed E-state index contributed by atoms with van der Waals surface area (Å²) in [5.41, 5.74) is 2.47. The third kappa shape index (κ3) is 3.63. The predicted molar refractivity (Wildman–Crippen MR) is 101 cm³/mol. The maximum atomic E-state index is 12.4. The minimum absolute atomic E-state index is 0.0476. The predicted octanol–water partition coefficient (Wildman–Crippen LogP) is 3.22. The number of aromatic nitrogens is 2. The lowest BCUT2D eigenvalue weighted by molar-refractivity contribution is -0.134. The number of carbonyl (C=O) groups excluding carboxylic acids is 1. The third-order valence-corrected chi connectivity index (χ3v) is 5.00. The number of nitriles is 1. The van der Waals surface area contributed by atoms with E-state index in [1.54, 1.807) is 24.3 Å². The number of fused-ring (bicyclic) bond motifs is 1. The maximum Gasteiger partial charge on any atom is 0.260 e. The van der Waals surface area contributed by atoms with E-state index in [0.717, 1.165) is 29.7 Å². The number of hydrogen-bond acceptors (Lipinski definition) is 4. The number of H-pyrrole nitrogens is 1. The summed E-state index contributed by atoms with van der Waals surface area (Å²) in [6, 6.07) is 17.0. The van der Waals surface area contributed by atoms with Crippen LogP contribution in [0.5, 0.6) is 5.75 Å². The summed E-state index contributed by atoms with van der Waals surface area (Å²) >= 11 is 0. The molecule has 1 aromatic heterocycles. The summed E-state index contributed by atoms with van der Waals surface area (Å²) in [6.07, 6.45) is 1.75. The van der Waals surface area contributed by atoms with Gasteiger partial charge in [-0.1, -0.05) is 24.3 Å². The van der Waals surface area contributed by atoms with Crippen LogP contribution >= 0.6 is 0 Å². The Morgan fingerprint density at radius 2 is 1.93 bits per heavy atom. The average Bonchev–Trinajstić information content (AvgIpc) is 3.16. The number of para-hydroxylation sites is 3. The van der Waals surface area contributed by atoms with E-state index in [1.165, 1.54) is 0 Å². The van der Waals surface area contributed by atoms with E-state index < -0.39 is 0 Å². The van der Waals surface area contributed by atoms with E-state index in [2.05, 4.69) is 16.0 Å². The van der Waals surface area contributed by atoms with E-state index in [9.17, 15) is 4.79 Å². The second-order valence-corrected chi connectivity index (χ2v) is 6.69. The molecule has 0 atom stereocenters. The van der Waals surface area contributed by atoms with Crippen LogP contribution < -0.4 is 4.74 Å². The molecule has 0 spiro atoms. The minimum Gasteiger partial charge on any atom is -0.482 e. The SMILES string of the molecule is N#Cc1ccccc1OCC(=O)N1CCC(c2nc3ccccc3[nH]2)CC1. The second-order valence-electron chi connectivity index (χ2n) is 6.69. The largest absolute Gasteiger partial charge is 0.482 e. The van der Waals surface area contributed by atoms with Gasteiger partial charge in [0.15, 0.2) is 6.61 Å². The molecule has 1 aliphatic rings. The van der Waals surface area contributed by atoms with Crippen molar-refractivity contribution in [1.29, 1.82) is 5.26 Å². The highest BCUT2D eigenvalue weighted by molar-refractivity contribution is 5.78. The molecule has 3 aromatic rings. The first kappa shape index (κ1) is 17.1.